The van der Waals surface area contributed by atoms with E-state index in [-0.39, 0.29) is 0 Å². The van der Waals surface area contributed by atoms with E-state index in [4.69, 9.17) is 0 Å². The van der Waals surface area contributed by atoms with Crippen molar-refractivity contribution in [3.63, 3.8) is 0 Å². The number of nitrogens with zero attached hydrogens (tertiary/aromatic N) is 3. The molecule has 0 radical (unpaired) electrons. The lowest BCUT2D eigenvalue weighted by Gasteiger charge is -2.10. The molecule has 1 N–H and O–H groups in total. The Morgan fingerprint density at radius 1 is 1.60 bits per heavy atom. The third kappa shape index (κ3) is 1.33. The summed E-state index contributed by atoms with van der Waals surface area (Å²) in [4.78, 5) is 3.89. The highest BCUT2D eigenvalue weighted by Crippen LogP contribution is 2.12. The van der Waals surface area contributed by atoms with Gasteiger partial charge in [0.25, 0.3) is 0 Å². The molecule has 1 aromatic rings. The monoisotopic (exact) mass is 141 g/mol. The minimum atomic E-state index is -0.929. The molecule has 4 heteroatoms. The van der Waals surface area contributed by atoms with Crippen LogP contribution in [0.15, 0.2) is 6.33 Å². The van der Waals surface area contributed by atoms with E-state index < -0.39 is 5.60 Å². The molecule has 0 spiro atoms. The van der Waals surface area contributed by atoms with Gasteiger partial charge in [-0.1, -0.05) is 0 Å². The van der Waals surface area contributed by atoms with Gasteiger partial charge in [0.05, 0.1) is 0 Å². The molecule has 1 heterocycles. The van der Waals surface area contributed by atoms with Crippen molar-refractivity contribution in [2.75, 3.05) is 0 Å². The van der Waals surface area contributed by atoms with Crippen molar-refractivity contribution in [3.05, 3.63) is 12.2 Å². The predicted molar refractivity (Wildman–Crippen MR) is 36.2 cm³/mol. The van der Waals surface area contributed by atoms with E-state index in [1.54, 1.807) is 31.9 Å². The Labute approximate surface area is 59.5 Å². The zero-order chi connectivity index (χ0) is 7.78. The molecular weight excluding hydrogens is 130 g/mol. The second-order valence-corrected chi connectivity index (χ2v) is 2.80. The summed E-state index contributed by atoms with van der Waals surface area (Å²) < 4.78 is 1.56. The van der Waals surface area contributed by atoms with Crippen LogP contribution in [0.5, 0.6) is 0 Å². The number of hydrogen-bond donors (Lipinski definition) is 1. The van der Waals surface area contributed by atoms with Gasteiger partial charge in [0.2, 0.25) is 0 Å². The summed E-state index contributed by atoms with van der Waals surface area (Å²) in [6.45, 7) is 3.31. The maximum absolute atomic E-state index is 9.36. The second-order valence-electron chi connectivity index (χ2n) is 2.80. The molecule has 0 aromatic carbocycles. The maximum Gasteiger partial charge on any atom is 0.181 e. The molecule has 0 fully saturated rings. The van der Waals surface area contributed by atoms with Crippen molar-refractivity contribution in [1.82, 2.24) is 14.8 Å². The summed E-state index contributed by atoms with van der Waals surface area (Å²) in [6, 6.07) is 0. The first-order chi connectivity index (χ1) is 4.50. The lowest BCUT2D eigenvalue weighted by molar-refractivity contribution is 0.0686. The van der Waals surface area contributed by atoms with Gasteiger partial charge >= 0.3 is 0 Å². The van der Waals surface area contributed by atoms with E-state index in [1.165, 1.54) is 0 Å². The number of aryl methyl sites for hydroxylation is 1. The number of aliphatic hydroxyl groups is 1. The van der Waals surface area contributed by atoms with Crippen molar-refractivity contribution in [1.29, 1.82) is 0 Å². The Bertz CT molecular complexity index is 223. The summed E-state index contributed by atoms with van der Waals surface area (Å²) in [5, 5.41) is 13.3. The average molecular weight is 141 g/mol. The Balaban J connectivity index is 2.96. The van der Waals surface area contributed by atoms with E-state index in [1.807, 2.05) is 0 Å². The van der Waals surface area contributed by atoms with Gasteiger partial charge in [-0.15, -0.1) is 0 Å². The summed E-state index contributed by atoms with van der Waals surface area (Å²) in [6.07, 6.45) is 1.56. The Kier molecular flexibility index (Phi) is 1.48. The average Bonchev–Trinajstić information content (AvgIpc) is 2.11. The van der Waals surface area contributed by atoms with Crippen LogP contribution in [-0.2, 0) is 12.6 Å². The molecule has 10 heavy (non-hydrogen) atoms. The molecule has 0 atom stereocenters. The summed E-state index contributed by atoms with van der Waals surface area (Å²) in [5.74, 6) is 0.454. The van der Waals surface area contributed by atoms with E-state index in [2.05, 4.69) is 10.1 Å². The molecule has 0 saturated heterocycles. The first-order valence-electron chi connectivity index (χ1n) is 3.08. The van der Waals surface area contributed by atoms with Crippen LogP contribution in [-0.4, -0.2) is 19.9 Å². The normalized spacial score (nSPS) is 12.0. The lowest BCUT2D eigenvalue weighted by atomic mass is 10.1. The van der Waals surface area contributed by atoms with Crippen LogP contribution in [0.2, 0.25) is 0 Å². The van der Waals surface area contributed by atoms with Crippen LogP contribution in [0.4, 0.5) is 0 Å². The summed E-state index contributed by atoms with van der Waals surface area (Å²) in [7, 11) is 1.77. The molecule has 1 aromatic heterocycles. The molecule has 0 aliphatic heterocycles. The van der Waals surface area contributed by atoms with Gasteiger partial charge in [0.15, 0.2) is 5.82 Å². The van der Waals surface area contributed by atoms with Crippen LogP contribution in [0, 0.1) is 0 Å². The molecule has 4 nitrogen and oxygen atoms in total. The van der Waals surface area contributed by atoms with Crippen molar-refractivity contribution >= 4 is 0 Å². The molecule has 0 saturated carbocycles. The fraction of sp³-hybridized carbons (Fsp3) is 0.667. The van der Waals surface area contributed by atoms with Crippen LogP contribution in [0.25, 0.3) is 0 Å². The number of rotatable bonds is 1. The predicted octanol–water partition coefficient (Wildman–Crippen LogP) is 0.0425. The molecule has 0 aliphatic rings. The molecule has 1 rings (SSSR count). The zero-order valence-electron chi connectivity index (χ0n) is 6.37. The Morgan fingerprint density at radius 2 is 2.20 bits per heavy atom. The quantitative estimate of drug-likeness (QED) is 0.601. The minimum Gasteiger partial charge on any atom is -0.382 e. The lowest BCUT2D eigenvalue weighted by Crippen LogP contribution is -2.17. The first kappa shape index (κ1) is 7.21. The standard InChI is InChI=1S/C6H11N3O/c1-6(2,10)5-7-4-9(3)8-5/h4,10H,1-3H3. The third-order valence-electron chi connectivity index (χ3n) is 1.15. The highest BCUT2D eigenvalue weighted by molar-refractivity contribution is 4.93. The van der Waals surface area contributed by atoms with Gasteiger partial charge < -0.3 is 5.11 Å². The smallest absolute Gasteiger partial charge is 0.181 e. The summed E-state index contributed by atoms with van der Waals surface area (Å²) in [5.41, 5.74) is -0.929. The van der Waals surface area contributed by atoms with Gasteiger partial charge in [0.1, 0.15) is 11.9 Å². The minimum absolute atomic E-state index is 0.454. The van der Waals surface area contributed by atoms with Crippen molar-refractivity contribution < 1.29 is 5.11 Å². The van der Waals surface area contributed by atoms with Crippen molar-refractivity contribution in [2.45, 2.75) is 19.4 Å². The van der Waals surface area contributed by atoms with Crippen LogP contribution < -0.4 is 0 Å². The molecule has 56 valence electrons. The number of aromatic nitrogens is 3. The van der Waals surface area contributed by atoms with Crippen molar-refractivity contribution in [3.8, 4) is 0 Å². The van der Waals surface area contributed by atoms with E-state index in [0.29, 0.717) is 5.82 Å². The van der Waals surface area contributed by atoms with E-state index in [0.717, 1.165) is 0 Å². The van der Waals surface area contributed by atoms with Crippen LogP contribution >= 0.6 is 0 Å². The second kappa shape index (κ2) is 2.05. The van der Waals surface area contributed by atoms with E-state index in [9.17, 15) is 5.11 Å². The Hall–Kier alpha value is -0.900. The number of hydrogen-bond acceptors (Lipinski definition) is 3. The molecule has 0 unspecified atom stereocenters. The molecule has 0 amide bonds. The highest BCUT2D eigenvalue weighted by Gasteiger charge is 2.20. The van der Waals surface area contributed by atoms with Gasteiger partial charge in [-0.05, 0) is 13.8 Å². The highest BCUT2D eigenvalue weighted by atomic mass is 16.3. The van der Waals surface area contributed by atoms with Gasteiger partial charge in [-0.25, -0.2) is 4.98 Å². The molecule has 0 aliphatic carbocycles. The fourth-order valence-corrected chi connectivity index (χ4v) is 0.620. The zero-order valence-corrected chi connectivity index (χ0v) is 6.37. The van der Waals surface area contributed by atoms with Gasteiger partial charge in [-0.3, -0.25) is 4.68 Å². The topological polar surface area (TPSA) is 50.9 Å². The fourth-order valence-electron chi connectivity index (χ4n) is 0.620. The third-order valence-corrected chi connectivity index (χ3v) is 1.15. The van der Waals surface area contributed by atoms with Gasteiger partial charge in [-0.2, -0.15) is 5.10 Å². The first-order valence-corrected chi connectivity index (χ1v) is 3.08. The molecular formula is C6H11N3O. The van der Waals surface area contributed by atoms with E-state index >= 15 is 0 Å². The van der Waals surface area contributed by atoms with Crippen LogP contribution in [0.3, 0.4) is 0 Å². The van der Waals surface area contributed by atoms with Crippen LogP contribution in [0.1, 0.15) is 19.7 Å². The van der Waals surface area contributed by atoms with Gasteiger partial charge in [0, 0.05) is 7.05 Å². The molecule has 0 bridgehead atoms. The largest absolute Gasteiger partial charge is 0.382 e. The SMILES string of the molecule is Cn1cnc(C(C)(C)O)n1. The maximum atomic E-state index is 9.36. The summed E-state index contributed by atoms with van der Waals surface area (Å²) >= 11 is 0. The van der Waals surface area contributed by atoms with Crippen molar-refractivity contribution in [2.24, 2.45) is 7.05 Å². The Morgan fingerprint density at radius 3 is 2.40 bits per heavy atom.